The van der Waals surface area contributed by atoms with Crippen molar-refractivity contribution in [2.24, 2.45) is 0 Å². The van der Waals surface area contributed by atoms with Gasteiger partial charge in [-0.25, -0.2) is 4.39 Å². The second kappa shape index (κ2) is 7.49. The highest BCUT2D eigenvalue weighted by Gasteiger charge is 2.20. The Morgan fingerprint density at radius 3 is 2.92 bits per heavy atom. The molecule has 0 radical (unpaired) electrons. The van der Waals surface area contributed by atoms with Gasteiger partial charge in [0.2, 0.25) is 5.91 Å². The molecule has 1 heterocycles. The zero-order valence-corrected chi connectivity index (χ0v) is 14.3. The molecule has 1 aliphatic heterocycles. The molecular formula is C18H15BrFNO3. The van der Waals surface area contributed by atoms with Crippen LogP contribution in [0.4, 0.5) is 4.39 Å². The van der Waals surface area contributed by atoms with E-state index in [0.29, 0.717) is 30.2 Å². The van der Waals surface area contributed by atoms with Gasteiger partial charge >= 0.3 is 0 Å². The molecule has 6 heteroatoms. The molecule has 4 nitrogen and oxygen atoms in total. The number of para-hydroxylation sites is 2. The smallest absolute Gasteiger partial charge is 0.244 e. The van der Waals surface area contributed by atoms with Gasteiger partial charge in [0.05, 0.1) is 6.54 Å². The quantitative estimate of drug-likeness (QED) is 0.810. The Labute approximate surface area is 147 Å². The van der Waals surface area contributed by atoms with Gasteiger partial charge < -0.3 is 14.8 Å². The molecule has 0 saturated carbocycles. The number of nitrogens with one attached hydrogen (secondary N) is 1. The van der Waals surface area contributed by atoms with Crippen LogP contribution in [0.1, 0.15) is 5.56 Å². The molecule has 1 aliphatic rings. The first kappa shape index (κ1) is 16.5. The van der Waals surface area contributed by atoms with Crippen LogP contribution in [0.5, 0.6) is 11.5 Å². The van der Waals surface area contributed by atoms with Crippen LogP contribution >= 0.6 is 15.9 Å². The van der Waals surface area contributed by atoms with E-state index >= 15 is 0 Å². The molecule has 1 amide bonds. The third-order valence-corrected chi connectivity index (χ3v) is 3.94. The van der Waals surface area contributed by atoms with Crippen molar-refractivity contribution in [1.29, 1.82) is 0 Å². The van der Waals surface area contributed by atoms with E-state index in [1.807, 2.05) is 24.3 Å². The summed E-state index contributed by atoms with van der Waals surface area (Å²) in [5, 5.41) is 2.72. The van der Waals surface area contributed by atoms with Gasteiger partial charge in [0.15, 0.2) is 11.5 Å². The number of halogens is 2. The minimum absolute atomic E-state index is 0.264. The number of amides is 1. The second-order valence-corrected chi connectivity index (χ2v) is 6.16. The van der Waals surface area contributed by atoms with Crippen LogP contribution in [0.25, 0.3) is 6.08 Å². The van der Waals surface area contributed by atoms with E-state index in [1.54, 1.807) is 12.1 Å². The van der Waals surface area contributed by atoms with E-state index in [4.69, 9.17) is 9.47 Å². The molecule has 3 rings (SSSR count). The van der Waals surface area contributed by atoms with Crippen molar-refractivity contribution in [3.63, 3.8) is 0 Å². The maximum atomic E-state index is 13.6. The number of hydrogen-bond acceptors (Lipinski definition) is 3. The number of benzene rings is 2. The van der Waals surface area contributed by atoms with Crippen LogP contribution in [0.2, 0.25) is 0 Å². The lowest BCUT2D eigenvalue weighted by Crippen LogP contribution is -2.40. The standard InChI is InChI=1S/C18H15BrFNO3/c19-13-6-7-15(20)12(9-13)5-8-18(22)21-10-14-11-23-16-3-1-2-4-17(16)24-14/h1-9,14H,10-11H2,(H,21,22)/b8-5+. The zero-order valence-electron chi connectivity index (χ0n) is 12.7. The SMILES string of the molecule is O=C(/C=C/c1cc(Br)ccc1F)NCC1COc2ccccc2O1. The highest BCUT2D eigenvalue weighted by molar-refractivity contribution is 9.10. The number of fused-ring (bicyclic) bond motifs is 1. The molecule has 0 bridgehead atoms. The predicted octanol–water partition coefficient (Wildman–Crippen LogP) is 3.56. The first-order valence-electron chi connectivity index (χ1n) is 7.41. The van der Waals surface area contributed by atoms with Gasteiger partial charge in [0.25, 0.3) is 0 Å². The average Bonchev–Trinajstić information content (AvgIpc) is 2.60. The first-order valence-corrected chi connectivity index (χ1v) is 8.20. The van der Waals surface area contributed by atoms with Gasteiger partial charge in [0, 0.05) is 16.1 Å². The van der Waals surface area contributed by atoms with E-state index in [0.717, 1.165) is 4.47 Å². The molecule has 0 spiro atoms. The zero-order chi connectivity index (χ0) is 16.9. The minimum atomic E-state index is -0.386. The van der Waals surface area contributed by atoms with E-state index < -0.39 is 0 Å². The Morgan fingerprint density at radius 2 is 2.08 bits per heavy atom. The number of carbonyl (C=O) groups is 1. The topological polar surface area (TPSA) is 47.6 Å². The monoisotopic (exact) mass is 391 g/mol. The van der Waals surface area contributed by atoms with Crippen molar-refractivity contribution in [2.45, 2.75) is 6.10 Å². The van der Waals surface area contributed by atoms with Gasteiger partial charge in [-0.2, -0.15) is 0 Å². The molecule has 0 fully saturated rings. The van der Waals surface area contributed by atoms with Gasteiger partial charge in [-0.05, 0) is 36.4 Å². The van der Waals surface area contributed by atoms with Crippen LogP contribution < -0.4 is 14.8 Å². The maximum absolute atomic E-state index is 13.6. The summed E-state index contributed by atoms with van der Waals surface area (Å²) in [7, 11) is 0. The molecule has 0 saturated heterocycles. The summed E-state index contributed by atoms with van der Waals surface area (Å²) in [6.07, 6.45) is 2.46. The number of rotatable bonds is 4. The Bertz CT molecular complexity index is 779. The number of hydrogen-bond donors (Lipinski definition) is 1. The van der Waals surface area contributed by atoms with Gasteiger partial charge in [-0.15, -0.1) is 0 Å². The lowest BCUT2D eigenvalue weighted by Gasteiger charge is -2.26. The Morgan fingerprint density at radius 1 is 1.29 bits per heavy atom. The lowest BCUT2D eigenvalue weighted by atomic mass is 10.2. The van der Waals surface area contributed by atoms with Crippen LogP contribution in [0, 0.1) is 5.82 Å². The fourth-order valence-corrected chi connectivity index (χ4v) is 2.62. The highest BCUT2D eigenvalue weighted by atomic mass is 79.9. The summed E-state index contributed by atoms with van der Waals surface area (Å²) in [5.41, 5.74) is 0.339. The summed E-state index contributed by atoms with van der Waals surface area (Å²) in [6, 6.07) is 11.9. The van der Waals surface area contributed by atoms with Gasteiger partial charge in [-0.3, -0.25) is 4.79 Å². The molecule has 2 aromatic rings. The highest BCUT2D eigenvalue weighted by Crippen LogP contribution is 2.30. The Balaban J connectivity index is 1.53. The summed E-state index contributed by atoms with van der Waals surface area (Å²) in [4.78, 5) is 11.9. The van der Waals surface area contributed by atoms with E-state index in [2.05, 4.69) is 21.2 Å². The van der Waals surface area contributed by atoms with Crippen LogP contribution in [-0.2, 0) is 4.79 Å². The Kier molecular flexibility index (Phi) is 5.15. The molecule has 1 atom stereocenters. The predicted molar refractivity (Wildman–Crippen MR) is 92.5 cm³/mol. The molecule has 1 unspecified atom stereocenters. The van der Waals surface area contributed by atoms with Crippen molar-refractivity contribution in [2.75, 3.05) is 13.2 Å². The third kappa shape index (κ3) is 4.14. The normalized spacial score (nSPS) is 16.2. The van der Waals surface area contributed by atoms with Crippen molar-refractivity contribution < 1.29 is 18.7 Å². The minimum Gasteiger partial charge on any atom is -0.486 e. The molecule has 124 valence electrons. The Hall–Kier alpha value is -2.34. The third-order valence-electron chi connectivity index (χ3n) is 3.44. The van der Waals surface area contributed by atoms with Crippen molar-refractivity contribution in [1.82, 2.24) is 5.32 Å². The molecule has 2 aromatic carbocycles. The molecule has 24 heavy (non-hydrogen) atoms. The first-order chi connectivity index (χ1) is 11.6. The largest absolute Gasteiger partial charge is 0.486 e. The second-order valence-electron chi connectivity index (χ2n) is 5.24. The summed E-state index contributed by atoms with van der Waals surface area (Å²) in [5.74, 6) is 0.652. The van der Waals surface area contributed by atoms with E-state index in [1.165, 1.54) is 18.2 Å². The molecular weight excluding hydrogens is 377 g/mol. The van der Waals surface area contributed by atoms with Crippen LogP contribution in [0.3, 0.4) is 0 Å². The van der Waals surface area contributed by atoms with Gasteiger partial charge in [0.1, 0.15) is 18.5 Å². The molecule has 0 aromatic heterocycles. The fraction of sp³-hybridized carbons (Fsp3) is 0.167. The molecule has 0 aliphatic carbocycles. The van der Waals surface area contributed by atoms with E-state index in [-0.39, 0.29) is 17.8 Å². The summed E-state index contributed by atoms with van der Waals surface area (Å²) < 4.78 is 25.7. The van der Waals surface area contributed by atoms with E-state index in [9.17, 15) is 9.18 Å². The van der Waals surface area contributed by atoms with Crippen LogP contribution in [0.15, 0.2) is 53.0 Å². The van der Waals surface area contributed by atoms with Gasteiger partial charge in [-0.1, -0.05) is 28.1 Å². The maximum Gasteiger partial charge on any atom is 0.244 e. The lowest BCUT2D eigenvalue weighted by molar-refractivity contribution is -0.116. The number of carbonyl (C=O) groups excluding carboxylic acids is 1. The fourth-order valence-electron chi connectivity index (χ4n) is 2.24. The van der Waals surface area contributed by atoms with Crippen molar-refractivity contribution in [3.8, 4) is 11.5 Å². The average molecular weight is 392 g/mol. The van der Waals surface area contributed by atoms with Crippen molar-refractivity contribution >= 4 is 27.9 Å². The molecule has 1 N–H and O–H groups in total. The van der Waals surface area contributed by atoms with Crippen molar-refractivity contribution in [3.05, 3.63) is 64.4 Å². The number of ether oxygens (including phenoxy) is 2. The summed E-state index contributed by atoms with van der Waals surface area (Å²) in [6.45, 7) is 0.666. The van der Waals surface area contributed by atoms with Crippen LogP contribution in [-0.4, -0.2) is 25.2 Å². The summed E-state index contributed by atoms with van der Waals surface area (Å²) >= 11 is 3.27.